The molecule has 0 unspecified atom stereocenters. The second kappa shape index (κ2) is 7.12. The summed E-state index contributed by atoms with van der Waals surface area (Å²) in [6.45, 7) is 4.24. The molecule has 5 rings (SSSR count). The van der Waals surface area contributed by atoms with Gasteiger partial charge in [-0.1, -0.05) is 37.7 Å². The average molecular weight is 393 g/mol. The molecule has 156 valence electrons. The van der Waals surface area contributed by atoms with Crippen LogP contribution in [0.2, 0.25) is 0 Å². The van der Waals surface area contributed by atoms with E-state index in [0.717, 1.165) is 44.4 Å². The van der Waals surface area contributed by atoms with Crippen molar-refractivity contribution < 1.29 is 9.90 Å². The number of carbonyl (C=O) groups is 1. The molecule has 0 heterocycles. The van der Waals surface area contributed by atoms with Gasteiger partial charge in [-0.3, -0.25) is 4.79 Å². The molecule has 3 fully saturated rings. The third-order valence-electron chi connectivity index (χ3n) is 9.48. The van der Waals surface area contributed by atoms with Gasteiger partial charge in [0.15, 0.2) is 5.78 Å². The highest BCUT2D eigenvalue weighted by Crippen LogP contribution is 2.66. The molecule has 3 saturated carbocycles. The van der Waals surface area contributed by atoms with Gasteiger partial charge >= 0.3 is 0 Å². The Morgan fingerprint density at radius 3 is 2.59 bits per heavy atom. The molecular weight excluding hydrogens is 356 g/mol. The zero-order valence-corrected chi connectivity index (χ0v) is 18.2. The third-order valence-corrected chi connectivity index (χ3v) is 9.48. The first-order chi connectivity index (χ1) is 14.0. The summed E-state index contributed by atoms with van der Waals surface area (Å²) in [6, 6.07) is 0. The van der Waals surface area contributed by atoms with E-state index in [1.807, 2.05) is 13.0 Å². The molecule has 5 aliphatic carbocycles. The SMILES string of the molecule is CC#C[C@]1(O)CC[C@H]2[C@@H]3CCC4=CC(=O)CCC4=C3[C@@H](C3CCCCC3)C[C@@]21C. The van der Waals surface area contributed by atoms with Crippen LogP contribution in [-0.2, 0) is 4.79 Å². The fourth-order valence-corrected chi connectivity index (χ4v) is 8.10. The molecule has 0 aliphatic heterocycles. The average Bonchev–Trinajstić information content (AvgIpc) is 2.98. The van der Waals surface area contributed by atoms with Gasteiger partial charge in [-0.2, -0.15) is 0 Å². The smallest absolute Gasteiger partial charge is 0.156 e. The molecule has 0 aromatic carbocycles. The number of hydrogen-bond acceptors (Lipinski definition) is 2. The molecule has 0 aromatic heterocycles. The lowest BCUT2D eigenvalue weighted by atomic mass is 9.49. The Morgan fingerprint density at radius 1 is 1.03 bits per heavy atom. The van der Waals surface area contributed by atoms with Crippen molar-refractivity contribution >= 4 is 5.78 Å². The summed E-state index contributed by atoms with van der Waals surface area (Å²) in [6.07, 6.45) is 15.6. The molecule has 1 N–H and O–H groups in total. The quantitative estimate of drug-likeness (QED) is 0.577. The maximum Gasteiger partial charge on any atom is 0.156 e. The predicted octanol–water partition coefficient (Wildman–Crippen LogP) is 5.75. The minimum atomic E-state index is -0.825. The van der Waals surface area contributed by atoms with E-state index in [1.54, 1.807) is 11.1 Å². The van der Waals surface area contributed by atoms with E-state index in [4.69, 9.17) is 0 Å². The van der Waals surface area contributed by atoms with Crippen molar-refractivity contribution in [1.82, 2.24) is 0 Å². The van der Waals surface area contributed by atoms with Gasteiger partial charge in [-0.15, -0.1) is 5.92 Å². The van der Waals surface area contributed by atoms with Gasteiger partial charge in [0, 0.05) is 11.8 Å². The Kier molecular flexibility index (Phi) is 4.82. The largest absolute Gasteiger partial charge is 0.377 e. The predicted molar refractivity (Wildman–Crippen MR) is 116 cm³/mol. The Balaban J connectivity index is 1.63. The lowest BCUT2D eigenvalue weighted by Crippen LogP contribution is -2.52. The number of hydrogen-bond donors (Lipinski definition) is 1. The molecule has 29 heavy (non-hydrogen) atoms. The summed E-state index contributed by atoms with van der Waals surface area (Å²) in [4.78, 5) is 12.1. The molecule has 5 atom stereocenters. The van der Waals surface area contributed by atoms with E-state index in [2.05, 4.69) is 18.8 Å². The van der Waals surface area contributed by atoms with Gasteiger partial charge in [0.05, 0.1) is 0 Å². The van der Waals surface area contributed by atoms with Crippen LogP contribution >= 0.6 is 0 Å². The van der Waals surface area contributed by atoms with Crippen LogP contribution in [0.4, 0.5) is 0 Å². The Hall–Kier alpha value is -1.33. The van der Waals surface area contributed by atoms with E-state index in [-0.39, 0.29) is 5.41 Å². The van der Waals surface area contributed by atoms with Crippen molar-refractivity contribution in [3.05, 3.63) is 22.8 Å². The standard InChI is InChI=1S/C27H36O2/c1-3-14-27(29)15-13-24-22-11-9-19-16-20(28)10-12-21(19)25(22)23(17-26(24,27)2)18-7-5-4-6-8-18/h16,18,22-24,29H,4-13,15,17H2,1-2H3/t22-,23+,24-,26-,27-/m0/s1. The second-order valence-corrected chi connectivity index (χ2v) is 10.7. The van der Waals surface area contributed by atoms with Gasteiger partial charge in [-0.05, 0) is 99.2 Å². The van der Waals surface area contributed by atoms with Crippen LogP contribution in [0.15, 0.2) is 22.8 Å². The summed E-state index contributed by atoms with van der Waals surface area (Å²) in [5.41, 5.74) is 3.74. The molecule has 0 bridgehead atoms. The summed E-state index contributed by atoms with van der Waals surface area (Å²) in [7, 11) is 0. The maximum absolute atomic E-state index is 12.1. The minimum absolute atomic E-state index is 0.0987. The topological polar surface area (TPSA) is 37.3 Å². The lowest BCUT2D eigenvalue weighted by Gasteiger charge is -2.55. The monoisotopic (exact) mass is 392 g/mol. The zero-order chi connectivity index (χ0) is 20.2. The molecule has 5 aliphatic rings. The molecular formula is C27H36O2. The Bertz CT molecular complexity index is 830. The van der Waals surface area contributed by atoms with Crippen LogP contribution < -0.4 is 0 Å². The van der Waals surface area contributed by atoms with E-state index >= 15 is 0 Å². The van der Waals surface area contributed by atoms with Crippen molar-refractivity contribution in [3.8, 4) is 11.8 Å². The lowest BCUT2D eigenvalue weighted by molar-refractivity contribution is -0.114. The van der Waals surface area contributed by atoms with Crippen LogP contribution in [0.25, 0.3) is 0 Å². The molecule has 2 nitrogen and oxygen atoms in total. The highest BCUT2D eigenvalue weighted by molar-refractivity contribution is 5.93. The first kappa shape index (κ1) is 19.6. The van der Waals surface area contributed by atoms with E-state index in [1.165, 1.54) is 37.7 Å². The fourth-order valence-electron chi connectivity index (χ4n) is 8.10. The third kappa shape index (κ3) is 2.91. The highest BCUT2D eigenvalue weighted by Gasteiger charge is 2.63. The van der Waals surface area contributed by atoms with Gasteiger partial charge in [0.2, 0.25) is 0 Å². The summed E-state index contributed by atoms with van der Waals surface area (Å²) < 4.78 is 0. The molecule has 0 aromatic rings. The van der Waals surface area contributed by atoms with Gasteiger partial charge in [0.25, 0.3) is 0 Å². The first-order valence-corrected chi connectivity index (χ1v) is 12.1. The Morgan fingerprint density at radius 2 is 1.83 bits per heavy atom. The van der Waals surface area contributed by atoms with E-state index in [9.17, 15) is 9.90 Å². The molecule has 0 radical (unpaired) electrons. The van der Waals surface area contributed by atoms with Gasteiger partial charge in [-0.25, -0.2) is 0 Å². The van der Waals surface area contributed by atoms with E-state index in [0.29, 0.717) is 30.0 Å². The van der Waals surface area contributed by atoms with Crippen LogP contribution in [0.5, 0.6) is 0 Å². The number of aliphatic hydroxyl groups is 1. The minimum Gasteiger partial charge on any atom is -0.377 e. The second-order valence-electron chi connectivity index (χ2n) is 10.7. The van der Waals surface area contributed by atoms with Crippen molar-refractivity contribution in [1.29, 1.82) is 0 Å². The summed E-state index contributed by atoms with van der Waals surface area (Å²) >= 11 is 0. The summed E-state index contributed by atoms with van der Waals surface area (Å²) in [5, 5.41) is 11.7. The number of allylic oxidation sites excluding steroid dienone is 4. The molecule has 0 amide bonds. The number of fused-ring (bicyclic) bond motifs is 4. The zero-order valence-electron chi connectivity index (χ0n) is 18.2. The Labute approximate surface area is 176 Å². The van der Waals surface area contributed by atoms with Crippen LogP contribution in [0.1, 0.15) is 90.9 Å². The number of carbonyl (C=O) groups excluding carboxylic acids is 1. The molecule has 0 spiro atoms. The normalized spacial score (nSPS) is 42.4. The first-order valence-electron chi connectivity index (χ1n) is 12.1. The summed E-state index contributed by atoms with van der Waals surface area (Å²) in [5.74, 6) is 9.13. The number of ketones is 1. The van der Waals surface area contributed by atoms with Crippen LogP contribution in [-0.4, -0.2) is 16.5 Å². The van der Waals surface area contributed by atoms with Gasteiger partial charge in [0.1, 0.15) is 5.60 Å². The van der Waals surface area contributed by atoms with Crippen LogP contribution in [0.3, 0.4) is 0 Å². The molecule has 2 heteroatoms. The number of rotatable bonds is 1. The van der Waals surface area contributed by atoms with E-state index < -0.39 is 5.60 Å². The van der Waals surface area contributed by atoms with Gasteiger partial charge < -0.3 is 5.11 Å². The van der Waals surface area contributed by atoms with Crippen molar-refractivity contribution in [2.45, 2.75) is 96.5 Å². The van der Waals surface area contributed by atoms with Crippen LogP contribution in [0, 0.1) is 40.9 Å². The maximum atomic E-state index is 12.1. The van der Waals surface area contributed by atoms with Crippen molar-refractivity contribution in [2.24, 2.45) is 29.1 Å². The van der Waals surface area contributed by atoms with Crippen molar-refractivity contribution in [3.63, 3.8) is 0 Å². The fraction of sp³-hybridized carbons (Fsp3) is 0.741. The molecule has 0 saturated heterocycles. The highest BCUT2D eigenvalue weighted by atomic mass is 16.3. The van der Waals surface area contributed by atoms with Crippen molar-refractivity contribution in [2.75, 3.05) is 0 Å².